The molecule has 2 fully saturated rings. The molecule has 2 amide bonds. The molecule has 2 aliphatic heterocycles. The fourth-order valence-corrected chi connectivity index (χ4v) is 4.98. The molecule has 1 aromatic heterocycles. The van der Waals surface area contributed by atoms with Gasteiger partial charge >= 0.3 is 0 Å². The normalized spacial score (nSPS) is 23.7. The van der Waals surface area contributed by atoms with E-state index in [0.717, 1.165) is 16.1 Å². The van der Waals surface area contributed by atoms with Crippen molar-refractivity contribution in [1.29, 1.82) is 0 Å². The number of amides is 2. The molecule has 2 aliphatic rings. The number of carbonyl (C=O) groups is 2. The lowest BCUT2D eigenvalue weighted by atomic mass is 9.95. The molecule has 3 atom stereocenters. The van der Waals surface area contributed by atoms with Crippen molar-refractivity contribution < 1.29 is 14.4 Å². The SMILES string of the molecule is Cc1cccc(N2C(=O)[C@@H]3[C@@H](ON(c4ccc(Cl)cc4)[C@H]3c3cccs3)C2=O)c1. The molecule has 29 heavy (non-hydrogen) atoms. The predicted molar refractivity (Wildman–Crippen MR) is 113 cm³/mol. The van der Waals surface area contributed by atoms with Gasteiger partial charge in [0.15, 0.2) is 6.10 Å². The number of carbonyl (C=O) groups excluding carboxylic acids is 2. The number of nitrogens with zero attached hydrogens (tertiary/aromatic N) is 2. The Morgan fingerprint density at radius 3 is 2.45 bits per heavy atom. The topological polar surface area (TPSA) is 49.9 Å². The smallest absolute Gasteiger partial charge is 0.266 e. The van der Waals surface area contributed by atoms with Crippen molar-refractivity contribution in [2.45, 2.75) is 19.1 Å². The van der Waals surface area contributed by atoms with Gasteiger partial charge in [-0.1, -0.05) is 29.8 Å². The Morgan fingerprint density at radius 1 is 0.966 bits per heavy atom. The number of fused-ring (bicyclic) bond motifs is 1. The first-order chi connectivity index (χ1) is 14.0. The maximum atomic E-state index is 13.4. The summed E-state index contributed by atoms with van der Waals surface area (Å²) in [6, 6.07) is 18.1. The molecule has 146 valence electrons. The van der Waals surface area contributed by atoms with Gasteiger partial charge in [-0.15, -0.1) is 11.3 Å². The Balaban J connectivity index is 1.57. The predicted octanol–water partition coefficient (Wildman–Crippen LogP) is 4.76. The third-order valence-corrected chi connectivity index (χ3v) is 6.49. The van der Waals surface area contributed by atoms with Crippen LogP contribution in [0.25, 0.3) is 0 Å². The molecule has 0 bridgehead atoms. The van der Waals surface area contributed by atoms with E-state index in [0.29, 0.717) is 10.7 Å². The summed E-state index contributed by atoms with van der Waals surface area (Å²) in [7, 11) is 0. The highest BCUT2D eigenvalue weighted by Gasteiger charge is 2.60. The molecule has 0 radical (unpaired) electrons. The second-order valence-electron chi connectivity index (χ2n) is 7.17. The molecule has 2 aromatic carbocycles. The molecule has 0 saturated carbocycles. The molecule has 3 heterocycles. The molecule has 0 aliphatic carbocycles. The van der Waals surface area contributed by atoms with Crippen molar-refractivity contribution in [2.24, 2.45) is 5.92 Å². The van der Waals surface area contributed by atoms with E-state index in [1.807, 2.05) is 54.8 Å². The van der Waals surface area contributed by atoms with E-state index in [1.54, 1.807) is 34.6 Å². The number of hydrogen-bond acceptors (Lipinski definition) is 5. The minimum Gasteiger partial charge on any atom is -0.273 e. The summed E-state index contributed by atoms with van der Waals surface area (Å²) in [6.45, 7) is 1.93. The minimum absolute atomic E-state index is 0.236. The third kappa shape index (κ3) is 2.95. The highest BCUT2D eigenvalue weighted by Crippen LogP contribution is 2.48. The highest BCUT2D eigenvalue weighted by atomic mass is 35.5. The van der Waals surface area contributed by atoms with Gasteiger partial charge in [-0.25, -0.2) is 9.96 Å². The van der Waals surface area contributed by atoms with E-state index in [4.69, 9.17) is 16.4 Å². The van der Waals surface area contributed by atoms with Crippen LogP contribution in [0.15, 0.2) is 66.0 Å². The lowest BCUT2D eigenvalue weighted by Gasteiger charge is -2.28. The van der Waals surface area contributed by atoms with Gasteiger partial charge in [0.05, 0.1) is 11.4 Å². The maximum Gasteiger partial charge on any atom is 0.266 e. The average Bonchev–Trinajstić information content (AvgIpc) is 3.40. The third-order valence-electron chi connectivity index (χ3n) is 5.29. The standard InChI is InChI=1S/C22H17ClN2O3S/c1-13-4-2-5-16(12-13)24-21(26)18-19(17-6-3-11-29-17)25(28-20(18)22(24)27)15-9-7-14(23)8-10-15/h2-12,18-20H,1H3/t18-,19-,20+/m0/s1. The van der Waals surface area contributed by atoms with E-state index in [1.165, 1.54) is 4.90 Å². The van der Waals surface area contributed by atoms with Gasteiger partial charge in [0, 0.05) is 9.90 Å². The van der Waals surface area contributed by atoms with Crippen LogP contribution in [0, 0.1) is 12.8 Å². The summed E-state index contributed by atoms with van der Waals surface area (Å²) in [4.78, 5) is 35.0. The number of benzene rings is 2. The van der Waals surface area contributed by atoms with Crippen molar-refractivity contribution >= 4 is 46.1 Å². The Kier molecular flexibility index (Phi) is 4.42. The van der Waals surface area contributed by atoms with Crippen LogP contribution in [0.1, 0.15) is 16.5 Å². The molecule has 7 heteroatoms. The molecule has 5 nitrogen and oxygen atoms in total. The number of anilines is 2. The summed E-state index contributed by atoms with van der Waals surface area (Å²) in [5, 5.41) is 4.25. The monoisotopic (exact) mass is 424 g/mol. The van der Waals surface area contributed by atoms with Crippen molar-refractivity contribution in [3.05, 3.63) is 81.5 Å². The van der Waals surface area contributed by atoms with Crippen LogP contribution < -0.4 is 9.96 Å². The summed E-state index contributed by atoms with van der Waals surface area (Å²) in [5.41, 5.74) is 2.32. The van der Waals surface area contributed by atoms with Crippen LogP contribution in [-0.4, -0.2) is 17.9 Å². The van der Waals surface area contributed by atoms with Crippen molar-refractivity contribution in [2.75, 3.05) is 9.96 Å². The van der Waals surface area contributed by atoms with Gasteiger partial charge in [0.1, 0.15) is 12.0 Å². The summed E-state index contributed by atoms with van der Waals surface area (Å²) in [5.74, 6) is -1.18. The largest absolute Gasteiger partial charge is 0.273 e. The van der Waals surface area contributed by atoms with Gasteiger partial charge < -0.3 is 0 Å². The number of imide groups is 1. The average molecular weight is 425 g/mol. The van der Waals surface area contributed by atoms with Crippen LogP contribution in [0.3, 0.4) is 0 Å². The number of halogens is 1. The summed E-state index contributed by atoms with van der Waals surface area (Å²) >= 11 is 7.57. The van der Waals surface area contributed by atoms with E-state index in [-0.39, 0.29) is 17.9 Å². The van der Waals surface area contributed by atoms with E-state index < -0.39 is 12.0 Å². The first kappa shape index (κ1) is 18.4. The van der Waals surface area contributed by atoms with E-state index >= 15 is 0 Å². The van der Waals surface area contributed by atoms with Gasteiger partial charge in [0.2, 0.25) is 5.91 Å². The summed E-state index contributed by atoms with van der Waals surface area (Å²) < 4.78 is 0. The Labute approximate surface area is 177 Å². The van der Waals surface area contributed by atoms with Crippen molar-refractivity contribution in [3.8, 4) is 0 Å². The lowest BCUT2D eigenvalue weighted by molar-refractivity contribution is -0.126. The van der Waals surface area contributed by atoms with Gasteiger partial charge in [-0.05, 0) is 60.3 Å². The van der Waals surface area contributed by atoms with Crippen molar-refractivity contribution in [1.82, 2.24) is 0 Å². The van der Waals surface area contributed by atoms with Crippen LogP contribution in [0.2, 0.25) is 5.02 Å². The van der Waals surface area contributed by atoms with Gasteiger partial charge in [-0.3, -0.25) is 14.4 Å². The molecule has 3 aromatic rings. The first-order valence-electron chi connectivity index (χ1n) is 9.24. The fraction of sp³-hybridized carbons (Fsp3) is 0.182. The molecule has 0 N–H and O–H groups in total. The Bertz CT molecular complexity index is 1080. The zero-order valence-corrected chi connectivity index (χ0v) is 17.1. The molecule has 0 spiro atoms. The maximum absolute atomic E-state index is 13.4. The Hall–Kier alpha value is -2.67. The van der Waals surface area contributed by atoms with E-state index in [9.17, 15) is 9.59 Å². The fourth-order valence-electron chi connectivity index (χ4n) is 4.00. The molecular formula is C22H17ClN2O3S. The van der Waals surface area contributed by atoms with Crippen LogP contribution in [0.4, 0.5) is 11.4 Å². The van der Waals surface area contributed by atoms with Gasteiger partial charge in [-0.2, -0.15) is 0 Å². The van der Waals surface area contributed by atoms with Crippen LogP contribution in [0.5, 0.6) is 0 Å². The number of aryl methyl sites for hydroxylation is 1. The van der Waals surface area contributed by atoms with Crippen LogP contribution >= 0.6 is 22.9 Å². The van der Waals surface area contributed by atoms with Crippen molar-refractivity contribution in [3.63, 3.8) is 0 Å². The number of hydrogen-bond donors (Lipinski definition) is 0. The molecule has 2 saturated heterocycles. The second kappa shape index (κ2) is 6.99. The second-order valence-corrected chi connectivity index (χ2v) is 8.58. The summed E-state index contributed by atoms with van der Waals surface area (Å²) in [6.07, 6.45) is -0.856. The quantitative estimate of drug-likeness (QED) is 0.569. The molecule has 5 rings (SSSR count). The minimum atomic E-state index is -0.856. The first-order valence-corrected chi connectivity index (χ1v) is 10.5. The highest BCUT2D eigenvalue weighted by molar-refractivity contribution is 7.10. The zero-order chi connectivity index (χ0) is 20.1. The molecule has 0 unspecified atom stereocenters. The zero-order valence-electron chi connectivity index (χ0n) is 15.5. The Morgan fingerprint density at radius 2 is 1.76 bits per heavy atom. The van der Waals surface area contributed by atoms with E-state index in [2.05, 4.69) is 0 Å². The lowest BCUT2D eigenvalue weighted by Crippen LogP contribution is -2.37. The van der Waals surface area contributed by atoms with Crippen LogP contribution in [-0.2, 0) is 14.4 Å². The number of thiophene rings is 1. The molecular weight excluding hydrogens is 408 g/mol. The van der Waals surface area contributed by atoms with Gasteiger partial charge in [0.25, 0.3) is 5.91 Å². The number of hydroxylamine groups is 1. The number of rotatable bonds is 3.